The van der Waals surface area contributed by atoms with E-state index >= 15 is 0 Å². The second-order valence-electron chi connectivity index (χ2n) is 11.7. The summed E-state index contributed by atoms with van der Waals surface area (Å²) in [6, 6.07) is 20.3. The summed E-state index contributed by atoms with van der Waals surface area (Å²) < 4.78 is 16.2. The third-order valence-corrected chi connectivity index (χ3v) is 5.59. The van der Waals surface area contributed by atoms with Gasteiger partial charge in [-0.3, -0.25) is 10.1 Å². The van der Waals surface area contributed by atoms with Crippen molar-refractivity contribution in [3.8, 4) is 16.9 Å². The highest BCUT2D eigenvalue weighted by atomic mass is 16.6. The molecule has 0 spiro atoms. The predicted octanol–water partition coefficient (Wildman–Crippen LogP) is 7.64. The Morgan fingerprint density at radius 1 is 0.738 bits per heavy atom. The predicted molar refractivity (Wildman–Crippen MR) is 167 cm³/mol. The smallest absolute Gasteiger partial charge is 0.412 e. The summed E-state index contributed by atoms with van der Waals surface area (Å²) in [6.45, 7) is 13.3. The Bertz CT molecular complexity index is 1410. The first-order chi connectivity index (χ1) is 19.7. The number of hydrogen-bond donors (Lipinski definition) is 2. The Hall–Kier alpha value is -4.59. The van der Waals surface area contributed by atoms with Crippen molar-refractivity contribution in [3.63, 3.8) is 0 Å². The first kappa shape index (κ1) is 31.9. The molecule has 0 aliphatic carbocycles. The molecule has 0 fully saturated rings. The summed E-state index contributed by atoms with van der Waals surface area (Å²) in [6.07, 6.45) is 2.53. The van der Waals surface area contributed by atoms with Gasteiger partial charge in [-0.25, -0.2) is 9.59 Å². The number of esters is 1. The number of benzene rings is 3. The molecular weight excluding hydrogens is 532 g/mol. The van der Waals surface area contributed by atoms with E-state index in [1.54, 1.807) is 32.9 Å². The molecule has 0 bridgehead atoms. The maximum absolute atomic E-state index is 13.1. The van der Waals surface area contributed by atoms with Crippen LogP contribution in [-0.4, -0.2) is 35.8 Å². The fourth-order valence-corrected chi connectivity index (χ4v) is 3.89. The Morgan fingerprint density at radius 3 is 1.95 bits per heavy atom. The van der Waals surface area contributed by atoms with Crippen LogP contribution in [0.1, 0.15) is 59.6 Å². The fourth-order valence-electron chi connectivity index (χ4n) is 3.89. The minimum atomic E-state index is -0.677. The summed E-state index contributed by atoms with van der Waals surface area (Å²) in [7, 11) is 0. The van der Waals surface area contributed by atoms with Crippen LogP contribution in [0.15, 0.2) is 72.8 Å². The van der Waals surface area contributed by atoms with Gasteiger partial charge >= 0.3 is 12.1 Å². The SMILES string of the molecule is CCOc1ccc(-c2ccc(NC(=O)OC(C)(C)C)c(NC(=O)Cc3ccc(C=CC(=O)OC(C)(C)C)cc3)c2)cc1. The van der Waals surface area contributed by atoms with Crippen molar-refractivity contribution in [1.29, 1.82) is 0 Å². The molecule has 42 heavy (non-hydrogen) atoms. The number of anilines is 2. The molecule has 0 aromatic heterocycles. The van der Waals surface area contributed by atoms with Crippen LogP contribution in [0.4, 0.5) is 16.2 Å². The first-order valence-corrected chi connectivity index (χ1v) is 13.9. The van der Waals surface area contributed by atoms with Crippen LogP contribution in [0.25, 0.3) is 17.2 Å². The molecule has 8 nitrogen and oxygen atoms in total. The number of carbonyl (C=O) groups excluding carboxylic acids is 3. The largest absolute Gasteiger partial charge is 0.494 e. The van der Waals surface area contributed by atoms with Gasteiger partial charge < -0.3 is 19.5 Å². The van der Waals surface area contributed by atoms with Gasteiger partial charge in [-0.15, -0.1) is 0 Å². The lowest BCUT2D eigenvalue weighted by molar-refractivity contribution is -0.148. The second kappa shape index (κ2) is 13.9. The molecule has 0 atom stereocenters. The second-order valence-corrected chi connectivity index (χ2v) is 11.7. The molecular formula is C34H40N2O6. The van der Waals surface area contributed by atoms with Crippen LogP contribution in [0.5, 0.6) is 5.75 Å². The lowest BCUT2D eigenvalue weighted by atomic mass is 10.0. The summed E-state index contributed by atoms with van der Waals surface area (Å²) in [4.78, 5) is 37.5. The van der Waals surface area contributed by atoms with Gasteiger partial charge in [0.2, 0.25) is 5.91 Å². The van der Waals surface area contributed by atoms with E-state index in [-0.39, 0.29) is 12.3 Å². The van der Waals surface area contributed by atoms with E-state index < -0.39 is 23.3 Å². The van der Waals surface area contributed by atoms with Gasteiger partial charge in [-0.05, 0) is 101 Å². The fraction of sp³-hybridized carbons (Fsp3) is 0.324. The third kappa shape index (κ3) is 10.8. The van der Waals surface area contributed by atoms with Gasteiger partial charge in [0.15, 0.2) is 0 Å². The minimum absolute atomic E-state index is 0.106. The van der Waals surface area contributed by atoms with E-state index in [1.165, 1.54) is 6.08 Å². The Kier molecular flexibility index (Phi) is 10.5. The van der Waals surface area contributed by atoms with Crippen molar-refractivity contribution < 1.29 is 28.6 Å². The van der Waals surface area contributed by atoms with Crippen molar-refractivity contribution in [2.24, 2.45) is 0 Å². The number of amides is 2. The van der Waals surface area contributed by atoms with Crippen LogP contribution >= 0.6 is 0 Å². The topological polar surface area (TPSA) is 103 Å². The van der Waals surface area contributed by atoms with E-state index in [0.29, 0.717) is 18.0 Å². The Morgan fingerprint density at radius 2 is 1.36 bits per heavy atom. The maximum atomic E-state index is 13.1. The third-order valence-electron chi connectivity index (χ3n) is 5.59. The standard InChI is InChI=1S/C34H40N2O6/c1-8-40-27-17-14-25(15-18-27)26-16-19-28(36-32(39)42-34(5,6)7)29(22-26)35-30(37)21-24-11-9-23(10-12-24)13-20-31(38)41-33(2,3)4/h9-20,22H,8,21H2,1-7H3,(H,35,37)(H,36,39). The molecule has 3 aromatic rings. The number of carbonyl (C=O) groups is 3. The number of rotatable bonds is 9. The highest BCUT2D eigenvalue weighted by Crippen LogP contribution is 2.31. The summed E-state index contributed by atoms with van der Waals surface area (Å²) in [5.74, 6) is 0.0849. The van der Waals surface area contributed by atoms with Gasteiger partial charge in [-0.1, -0.05) is 42.5 Å². The van der Waals surface area contributed by atoms with E-state index in [4.69, 9.17) is 14.2 Å². The van der Waals surface area contributed by atoms with E-state index in [0.717, 1.165) is 28.0 Å². The number of nitrogens with one attached hydrogen (secondary N) is 2. The van der Waals surface area contributed by atoms with Crippen molar-refractivity contribution in [3.05, 3.63) is 83.9 Å². The Balaban J connectivity index is 1.76. The molecule has 3 aromatic carbocycles. The molecule has 0 aliphatic rings. The zero-order valence-corrected chi connectivity index (χ0v) is 25.4. The summed E-state index contributed by atoms with van der Waals surface area (Å²) in [5.41, 5.74) is 2.97. The van der Waals surface area contributed by atoms with Crippen molar-refractivity contribution in [2.75, 3.05) is 17.2 Å². The number of ether oxygens (including phenoxy) is 3. The van der Waals surface area contributed by atoms with E-state index in [2.05, 4.69) is 10.6 Å². The highest BCUT2D eigenvalue weighted by Gasteiger charge is 2.19. The lowest BCUT2D eigenvalue weighted by Crippen LogP contribution is -2.27. The van der Waals surface area contributed by atoms with Crippen molar-refractivity contribution in [2.45, 2.75) is 66.1 Å². The molecule has 0 heterocycles. The highest BCUT2D eigenvalue weighted by molar-refractivity contribution is 5.99. The molecule has 0 saturated carbocycles. The molecule has 222 valence electrons. The van der Waals surface area contributed by atoms with E-state index in [1.807, 2.05) is 88.4 Å². The zero-order valence-electron chi connectivity index (χ0n) is 25.4. The van der Waals surface area contributed by atoms with Gasteiger partial charge in [-0.2, -0.15) is 0 Å². The quantitative estimate of drug-likeness (QED) is 0.202. The van der Waals surface area contributed by atoms with Gasteiger partial charge in [0.05, 0.1) is 24.4 Å². The molecule has 0 saturated heterocycles. The van der Waals surface area contributed by atoms with Crippen LogP contribution in [0.2, 0.25) is 0 Å². The summed E-state index contributed by atoms with van der Waals surface area (Å²) >= 11 is 0. The monoisotopic (exact) mass is 572 g/mol. The maximum Gasteiger partial charge on any atom is 0.412 e. The van der Waals surface area contributed by atoms with Crippen LogP contribution < -0.4 is 15.4 Å². The molecule has 3 rings (SSSR count). The van der Waals surface area contributed by atoms with E-state index in [9.17, 15) is 14.4 Å². The van der Waals surface area contributed by atoms with Gasteiger partial charge in [0.25, 0.3) is 0 Å². The van der Waals surface area contributed by atoms with Crippen LogP contribution in [0, 0.1) is 0 Å². The molecule has 2 amide bonds. The zero-order chi connectivity index (χ0) is 30.9. The summed E-state index contributed by atoms with van der Waals surface area (Å²) in [5, 5.41) is 5.68. The number of hydrogen-bond acceptors (Lipinski definition) is 6. The normalized spacial score (nSPS) is 11.6. The Labute approximate surface area is 248 Å². The molecule has 0 unspecified atom stereocenters. The lowest BCUT2D eigenvalue weighted by Gasteiger charge is -2.21. The molecule has 8 heteroatoms. The molecule has 0 radical (unpaired) electrons. The van der Waals surface area contributed by atoms with Gasteiger partial charge in [0, 0.05) is 6.08 Å². The minimum Gasteiger partial charge on any atom is -0.494 e. The first-order valence-electron chi connectivity index (χ1n) is 13.9. The average Bonchev–Trinajstić information content (AvgIpc) is 2.88. The van der Waals surface area contributed by atoms with Crippen LogP contribution in [0.3, 0.4) is 0 Å². The van der Waals surface area contributed by atoms with Crippen molar-refractivity contribution in [1.82, 2.24) is 0 Å². The van der Waals surface area contributed by atoms with Gasteiger partial charge in [0.1, 0.15) is 17.0 Å². The van der Waals surface area contributed by atoms with Crippen molar-refractivity contribution >= 4 is 35.4 Å². The van der Waals surface area contributed by atoms with Crippen LogP contribution in [-0.2, 0) is 25.5 Å². The average molecular weight is 573 g/mol. The molecule has 2 N–H and O–H groups in total. The molecule has 0 aliphatic heterocycles.